The first kappa shape index (κ1) is 15.8. The highest BCUT2D eigenvalue weighted by Gasteiger charge is 2.36. The molecule has 3 nitrogen and oxygen atoms in total. The van der Waals surface area contributed by atoms with E-state index < -0.39 is 0 Å². The molecule has 0 amide bonds. The van der Waals surface area contributed by atoms with Crippen molar-refractivity contribution < 1.29 is 4.74 Å². The number of piperidine rings is 1. The fourth-order valence-electron chi connectivity index (χ4n) is 4.83. The molecule has 0 bridgehead atoms. The highest BCUT2D eigenvalue weighted by Crippen LogP contribution is 2.36. The van der Waals surface area contributed by atoms with E-state index in [1.165, 1.54) is 64.5 Å². The van der Waals surface area contributed by atoms with Gasteiger partial charge in [0.15, 0.2) is 0 Å². The SMILES string of the molecule is CCCNC1CCOCC1CN1CCC[C@H]2CCCC[C@H]21. The van der Waals surface area contributed by atoms with Gasteiger partial charge in [-0.2, -0.15) is 0 Å². The lowest BCUT2D eigenvalue weighted by Gasteiger charge is -2.46. The van der Waals surface area contributed by atoms with Gasteiger partial charge in [0, 0.05) is 31.2 Å². The van der Waals surface area contributed by atoms with Gasteiger partial charge < -0.3 is 10.1 Å². The van der Waals surface area contributed by atoms with Crippen molar-refractivity contribution in [1.82, 2.24) is 10.2 Å². The molecule has 21 heavy (non-hydrogen) atoms. The number of hydrogen-bond acceptors (Lipinski definition) is 3. The minimum atomic E-state index is 0.683. The number of likely N-dealkylation sites (tertiary alicyclic amines) is 1. The van der Waals surface area contributed by atoms with E-state index in [-0.39, 0.29) is 0 Å². The lowest BCUT2D eigenvalue weighted by atomic mass is 9.77. The van der Waals surface area contributed by atoms with Gasteiger partial charge in [0.1, 0.15) is 0 Å². The second-order valence-corrected chi connectivity index (χ2v) is 7.43. The van der Waals surface area contributed by atoms with E-state index in [0.717, 1.165) is 31.7 Å². The van der Waals surface area contributed by atoms with Gasteiger partial charge in [-0.25, -0.2) is 0 Å². The van der Waals surface area contributed by atoms with Gasteiger partial charge in [0.05, 0.1) is 6.61 Å². The summed E-state index contributed by atoms with van der Waals surface area (Å²) in [6, 6.07) is 1.57. The van der Waals surface area contributed by atoms with Gasteiger partial charge in [-0.3, -0.25) is 4.90 Å². The third-order valence-electron chi connectivity index (χ3n) is 5.96. The van der Waals surface area contributed by atoms with Gasteiger partial charge in [-0.05, 0) is 57.5 Å². The van der Waals surface area contributed by atoms with Crippen molar-refractivity contribution in [2.45, 2.75) is 70.4 Å². The molecule has 2 unspecified atom stereocenters. The van der Waals surface area contributed by atoms with Crippen molar-refractivity contribution >= 4 is 0 Å². The minimum absolute atomic E-state index is 0.683. The molecular weight excluding hydrogens is 260 g/mol. The standard InChI is InChI=1S/C18H34N2O/c1-2-10-19-17-9-12-21-14-16(17)13-20-11-5-7-15-6-3-4-8-18(15)20/h15-19H,2-14H2,1H3/t15-,16?,17?,18-/m1/s1. The van der Waals surface area contributed by atoms with Crippen molar-refractivity contribution in [3.05, 3.63) is 0 Å². The summed E-state index contributed by atoms with van der Waals surface area (Å²) in [5.74, 6) is 1.70. The minimum Gasteiger partial charge on any atom is -0.381 e. The first-order chi connectivity index (χ1) is 10.4. The molecule has 2 aliphatic heterocycles. The second-order valence-electron chi connectivity index (χ2n) is 7.43. The van der Waals surface area contributed by atoms with Crippen molar-refractivity contribution in [3.8, 4) is 0 Å². The smallest absolute Gasteiger partial charge is 0.0521 e. The molecule has 0 spiro atoms. The van der Waals surface area contributed by atoms with E-state index in [9.17, 15) is 0 Å². The zero-order chi connectivity index (χ0) is 14.5. The maximum absolute atomic E-state index is 5.80. The Balaban J connectivity index is 1.57. The summed E-state index contributed by atoms with van der Waals surface area (Å²) in [6.07, 6.45) is 11.2. The molecule has 1 saturated carbocycles. The topological polar surface area (TPSA) is 24.5 Å². The summed E-state index contributed by atoms with van der Waals surface area (Å²) in [5, 5.41) is 3.78. The molecule has 0 aromatic heterocycles. The zero-order valence-electron chi connectivity index (χ0n) is 13.9. The van der Waals surface area contributed by atoms with E-state index in [1.54, 1.807) is 0 Å². The van der Waals surface area contributed by atoms with Crippen LogP contribution in [0.5, 0.6) is 0 Å². The molecule has 3 fully saturated rings. The number of nitrogens with one attached hydrogen (secondary N) is 1. The quantitative estimate of drug-likeness (QED) is 0.843. The highest BCUT2D eigenvalue weighted by atomic mass is 16.5. The fourth-order valence-corrected chi connectivity index (χ4v) is 4.83. The van der Waals surface area contributed by atoms with Crippen molar-refractivity contribution in [3.63, 3.8) is 0 Å². The number of fused-ring (bicyclic) bond motifs is 1. The molecule has 1 N–H and O–H groups in total. The molecule has 0 radical (unpaired) electrons. The lowest BCUT2D eigenvalue weighted by molar-refractivity contribution is -0.0118. The molecule has 2 saturated heterocycles. The molecule has 3 rings (SSSR count). The first-order valence-electron chi connectivity index (χ1n) is 9.43. The predicted octanol–water partition coefficient (Wildman–Crippen LogP) is 3.05. The third-order valence-corrected chi connectivity index (χ3v) is 5.96. The maximum atomic E-state index is 5.80. The Kier molecular flexibility index (Phi) is 5.96. The second kappa shape index (κ2) is 7.94. The number of hydrogen-bond donors (Lipinski definition) is 1. The molecular formula is C18H34N2O. The molecule has 3 aliphatic rings. The predicted molar refractivity (Wildman–Crippen MR) is 87.6 cm³/mol. The van der Waals surface area contributed by atoms with E-state index in [2.05, 4.69) is 17.1 Å². The Morgan fingerprint density at radius 1 is 1.10 bits per heavy atom. The van der Waals surface area contributed by atoms with Crippen LogP contribution in [0.25, 0.3) is 0 Å². The molecule has 3 heteroatoms. The van der Waals surface area contributed by atoms with Crippen LogP contribution in [0.1, 0.15) is 58.3 Å². The Bertz CT molecular complexity index is 308. The zero-order valence-corrected chi connectivity index (χ0v) is 13.9. The van der Waals surface area contributed by atoms with Gasteiger partial charge in [0.2, 0.25) is 0 Å². The maximum Gasteiger partial charge on any atom is 0.0521 e. The number of ether oxygens (including phenoxy) is 1. The Labute approximate surface area is 130 Å². The summed E-state index contributed by atoms with van der Waals surface area (Å²) in [4.78, 5) is 2.84. The lowest BCUT2D eigenvalue weighted by Crippen LogP contribution is -2.53. The van der Waals surface area contributed by atoms with Crippen LogP contribution in [0, 0.1) is 11.8 Å². The van der Waals surface area contributed by atoms with Crippen molar-refractivity contribution in [2.75, 3.05) is 32.8 Å². The Hall–Kier alpha value is -0.120. The van der Waals surface area contributed by atoms with Crippen LogP contribution in [0.15, 0.2) is 0 Å². The van der Waals surface area contributed by atoms with Gasteiger partial charge >= 0.3 is 0 Å². The molecule has 122 valence electrons. The summed E-state index contributed by atoms with van der Waals surface area (Å²) in [7, 11) is 0. The summed E-state index contributed by atoms with van der Waals surface area (Å²) < 4.78 is 5.80. The van der Waals surface area contributed by atoms with Crippen LogP contribution in [0.3, 0.4) is 0 Å². The number of rotatable bonds is 5. The Morgan fingerprint density at radius 2 is 1.95 bits per heavy atom. The summed E-state index contributed by atoms with van der Waals surface area (Å²) in [5.41, 5.74) is 0. The van der Waals surface area contributed by atoms with Crippen LogP contribution in [-0.4, -0.2) is 49.8 Å². The first-order valence-corrected chi connectivity index (χ1v) is 9.43. The Morgan fingerprint density at radius 3 is 2.86 bits per heavy atom. The summed E-state index contributed by atoms with van der Waals surface area (Å²) in [6.45, 7) is 7.94. The molecule has 0 aromatic carbocycles. The molecule has 4 atom stereocenters. The van der Waals surface area contributed by atoms with Crippen LogP contribution in [0.2, 0.25) is 0 Å². The van der Waals surface area contributed by atoms with Gasteiger partial charge in [0.25, 0.3) is 0 Å². The van der Waals surface area contributed by atoms with Crippen LogP contribution < -0.4 is 5.32 Å². The normalized spacial score (nSPS) is 38.1. The average Bonchev–Trinajstić information content (AvgIpc) is 2.54. The van der Waals surface area contributed by atoms with E-state index in [1.807, 2.05) is 0 Å². The van der Waals surface area contributed by atoms with Crippen LogP contribution in [0.4, 0.5) is 0 Å². The number of nitrogens with zero attached hydrogens (tertiary/aromatic N) is 1. The molecule has 2 heterocycles. The fraction of sp³-hybridized carbons (Fsp3) is 1.00. The van der Waals surface area contributed by atoms with Gasteiger partial charge in [-0.1, -0.05) is 19.8 Å². The van der Waals surface area contributed by atoms with Gasteiger partial charge in [-0.15, -0.1) is 0 Å². The van der Waals surface area contributed by atoms with E-state index in [0.29, 0.717) is 12.0 Å². The molecule has 1 aliphatic carbocycles. The van der Waals surface area contributed by atoms with E-state index >= 15 is 0 Å². The average molecular weight is 294 g/mol. The van der Waals surface area contributed by atoms with Crippen molar-refractivity contribution in [2.24, 2.45) is 11.8 Å². The third kappa shape index (κ3) is 4.00. The monoisotopic (exact) mass is 294 g/mol. The largest absolute Gasteiger partial charge is 0.381 e. The highest BCUT2D eigenvalue weighted by molar-refractivity contribution is 4.90. The van der Waals surface area contributed by atoms with Crippen molar-refractivity contribution in [1.29, 1.82) is 0 Å². The molecule has 0 aromatic rings. The van der Waals surface area contributed by atoms with Crippen LogP contribution >= 0.6 is 0 Å². The van der Waals surface area contributed by atoms with Crippen LogP contribution in [-0.2, 0) is 4.74 Å². The van der Waals surface area contributed by atoms with E-state index in [4.69, 9.17) is 4.74 Å². The summed E-state index contributed by atoms with van der Waals surface area (Å²) >= 11 is 0.